The Morgan fingerprint density at radius 1 is 0.784 bits per heavy atom. The fourth-order valence-electron chi connectivity index (χ4n) is 6.40. The number of ketones is 2. The zero-order valence-electron chi connectivity index (χ0n) is 23.1. The lowest BCUT2D eigenvalue weighted by Crippen LogP contribution is -2.44. The first-order chi connectivity index (χ1) is 17.5. The number of ether oxygens (including phenoxy) is 1. The van der Waals surface area contributed by atoms with Gasteiger partial charge in [-0.15, -0.1) is 0 Å². The van der Waals surface area contributed by atoms with Crippen LogP contribution in [-0.4, -0.2) is 22.6 Å². The van der Waals surface area contributed by atoms with Crippen LogP contribution < -0.4 is 4.74 Å². The topological polar surface area (TPSA) is 46.6 Å². The number of rotatable bonds is 5. The van der Waals surface area contributed by atoms with Crippen LogP contribution in [0.5, 0.6) is 5.75 Å². The van der Waals surface area contributed by atoms with Gasteiger partial charge in [-0.2, -0.15) is 0 Å². The summed E-state index contributed by atoms with van der Waals surface area (Å²) >= 11 is 0. The maximum Gasteiger partial charge on any atom is 0.162 e. The maximum absolute atomic E-state index is 14.0. The molecule has 0 amide bonds. The molecule has 4 nitrogen and oxygen atoms in total. The van der Waals surface area contributed by atoms with Crippen molar-refractivity contribution in [3.8, 4) is 5.75 Å². The summed E-state index contributed by atoms with van der Waals surface area (Å²) < 4.78 is 6.25. The second-order valence-corrected chi connectivity index (χ2v) is 12.8. The Bertz CT molecular complexity index is 1240. The Hall–Kier alpha value is -3.14. The molecule has 0 spiro atoms. The fraction of sp³-hybridized carbons (Fsp3) is 0.455. The Labute approximate surface area is 221 Å². The smallest absolute Gasteiger partial charge is 0.162 e. The van der Waals surface area contributed by atoms with E-state index in [9.17, 15) is 9.59 Å². The van der Waals surface area contributed by atoms with Crippen LogP contribution in [0.2, 0.25) is 0 Å². The highest BCUT2D eigenvalue weighted by molar-refractivity contribution is 6.07. The van der Waals surface area contributed by atoms with Crippen molar-refractivity contribution in [3.05, 3.63) is 88.3 Å². The number of carbonyl (C=O) groups excluding carboxylic acids is 2. The molecule has 194 valence electrons. The minimum atomic E-state index is -0.390. The highest BCUT2D eigenvalue weighted by atomic mass is 16.5. The predicted molar refractivity (Wildman–Crippen MR) is 147 cm³/mol. The Morgan fingerprint density at radius 2 is 1.30 bits per heavy atom. The normalized spacial score (nSPS) is 21.3. The molecule has 0 aromatic heterocycles. The summed E-state index contributed by atoms with van der Waals surface area (Å²) in [5.41, 5.74) is 5.57. The third-order valence-electron chi connectivity index (χ3n) is 7.80. The largest absolute Gasteiger partial charge is 0.491 e. The van der Waals surface area contributed by atoms with E-state index in [0.29, 0.717) is 19.4 Å². The lowest BCUT2D eigenvalue weighted by atomic mass is 9.63. The average molecular weight is 498 g/mol. The van der Waals surface area contributed by atoms with Crippen molar-refractivity contribution in [2.45, 2.75) is 85.8 Å². The molecule has 5 rings (SSSR count). The molecular weight excluding hydrogens is 458 g/mol. The lowest BCUT2D eigenvalue weighted by molar-refractivity contribution is -0.119. The Kier molecular flexibility index (Phi) is 6.42. The molecule has 0 fully saturated rings. The molecule has 2 aliphatic carbocycles. The van der Waals surface area contributed by atoms with E-state index in [-0.39, 0.29) is 34.4 Å². The van der Waals surface area contributed by atoms with Crippen molar-refractivity contribution in [1.29, 1.82) is 0 Å². The molecule has 0 unspecified atom stereocenters. The highest BCUT2D eigenvalue weighted by Gasteiger charge is 2.49. The van der Waals surface area contributed by atoms with Gasteiger partial charge < -0.3 is 9.64 Å². The summed E-state index contributed by atoms with van der Waals surface area (Å²) in [7, 11) is 0. The zero-order valence-corrected chi connectivity index (χ0v) is 23.1. The van der Waals surface area contributed by atoms with Crippen LogP contribution in [0.1, 0.15) is 84.3 Å². The molecule has 0 atom stereocenters. The highest BCUT2D eigenvalue weighted by Crippen LogP contribution is 2.55. The van der Waals surface area contributed by atoms with Crippen LogP contribution in [0.25, 0.3) is 0 Å². The van der Waals surface area contributed by atoms with Gasteiger partial charge in [0.2, 0.25) is 0 Å². The van der Waals surface area contributed by atoms with Gasteiger partial charge in [0, 0.05) is 53.4 Å². The van der Waals surface area contributed by atoms with Crippen LogP contribution in [-0.2, 0) is 16.1 Å². The third kappa shape index (κ3) is 4.91. The summed E-state index contributed by atoms with van der Waals surface area (Å²) in [5.74, 6) is 0.669. The van der Waals surface area contributed by atoms with Gasteiger partial charge >= 0.3 is 0 Å². The van der Waals surface area contributed by atoms with E-state index in [4.69, 9.17) is 4.74 Å². The summed E-state index contributed by atoms with van der Waals surface area (Å²) in [6.07, 6.45) is 2.56. The minimum absolute atomic E-state index is 0.0109. The Morgan fingerprint density at radius 3 is 1.84 bits per heavy atom. The zero-order chi connectivity index (χ0) is 26.5. The molecule has 1 aliphatic heterocycles. The van der Waals surface area contributed by atoms with Crippen molar-refractivity contribution in [2.75, 3.05) is 0 Å². The number of nitrogens with zero attached hydrogens (tertiary/aromatic N) is 1. The molecule has 0 bridgehead atoms. The second kappa shape index (κ2) is 9.31. The predicted octanol–water partition coefficient (Wildman–Crippen LogP) is 7.36. The number of hydrogen-bond donors (Lipinski definition) is 0. The molecule has 0 N–H and O–H groups in total. The first-order valence-corrected chi connectivity index (χ1v) is 13.6. The van der Waals surface area contributed by atoms with E-state index < -0.39 is 0 Å². The molecular formula is C33H39NO3. The van der Waals surface area contributed by atoms with Gasteiger partial charge in [0.1, 0.15) is 5.75 Å². The molecule has 37 heavy (non-hydrogen) atoms. The van der Waals surface area contributed by atoms with Crippen molar-refractivity contribution in [2.24, 2.45) is 10.8 Å². The van der Waals surface area contributed by atoms with Crippen LogP contribution >= 0.6 is 0 Å². The van der Waals surface area contributed by atoms with Gasteiger partial charge in [0.15, 0.2) is 11.6 Å². The number of hydrogen-bond acceptors (Lipinski definition) is 4. The summed E-state index contributed by atoms with van der Waals surface area (Å²) in [5, 5.41) is 0. The molecule has 0 saturated carbocycles. The SMILES string of the molecule is CC(C)Oc1ccccc1C1C2=C(CC(C)(C)CC2=O)N(Cc2ccccc2)C2=C1C(=O)CC(C)(C)C2. The molecule has 1 heterocycles. The third-order valence-corrected chi connectivity index (χ3v) is 7.80. The van der Waals surface area contributed by atoms with E-state index in [2.05, 4.69) is 56.9 Å². The van der Waals surface area contributed by atoms with E-state index in [1.807, 2.05) is 44.2 Å². The van der Waals surface area contributed by atoms with Gasteiger partial charge in [-0.05, 0) is 49.1 Å². The molecule has 2 aromatic rings. The monoisotopic (exact) mass is 497 g/mol. The Balaban J connectivity index is 1.78. The van der Waals surface area contributed by atoms with E-state index >= 15 is 0 Å². The minimum Gasteiger partial charge on any atom is -0.491 e. The fourth-order valence-corrected chi connectivity index (χ4v) is 6.40. The van der Waals surface area contributed by atoms with Gasteiger partial charge in [0.05, 0.1) is 6.10 Å². The molecule has 2 aromatic carbocycles. The van der Waals surface area contributed by atoms with Crippen LogP contribution in [0.15, 0.2) is 77.1 Å². The molecule has 4 heteroatoms. The standard InChI is InChI=1S/C33H39NO3/c1-21(2)37-28-15-11-10-14-23(28)29-30-24(16-32(3,4)18-26(30)35)34(20-22-12-8-7-9-13-22)25-17-33(5,6)19-27(36)31(25)29/h7-15,21,29H,16-20H2,1-6H3. The molecule has 0 saturated heterocycles. The summed E-state index contributed by atoms with van der Waals surface area (Å²) in [6, 6.07) is 18.4. The van der Waals surface area contributed by atoms with Crippen LogP contribution in [0, 0.1) is 10.8 Å². The second-order valence-electron chi connectivity index (χ2n) is 12.8. The average Bonchev–Trinajstić information content (AvgIpc) is 2.79. The van der Waals surface area contributed by atoms with Crippen molar-refractivity contribution >= 4 is 11.6 Å². The number of Topliss-reactive ketones (excluding diaryl/α,β-unsaturated/α-hetero) is 2. The first kappa shape index (κ1) is 25.5. The first-order valence-electron chi connectivity index (χ1n) is 13.6. The van der Waals surface area contributed by atoms with E-state index in [1.165, 1.54) is 5.56 Å². The maximum atomic E-state index is 14.0. The van der Waals surface area contributed by atoms with Crippen molar-refractivity contribution < 1.29 is 14.3 Å². The number of carbonyl (C=O) groups is 2. The van der Waals surface area contributed by atoms with Gasteiger partial charge in [-0.25, -0.2) is 0 Å². The lowest BCUT2D eigenvalue weighted by Gasteiger charge is -2.49. The molecule has 3 aliphatic rings. The van der Waals surface area contributed by atoms with Crippen molar-refractivity contribution in [1.82, 2.24) is 4.90 Å². The van der Waals surface area contributed by atoms with Gasteiger partial charge in [-0.1, -0.05) is 76.2 Å². The van der Waals surface area contributed by atoms with Crippen molar-refractivity contribution in [3.63, 3.8) is 0 Å². The van der Waals surface area contributed by atoms with Crippen LogP contribution in [0.4, 0.5) is 0 Å². The number of allylic oxidation sites excluding steroid dienone is 4. The van der Waals surface area contributed by atoms with Gasteiger partial charge in [0.25, 0.3) is 0 Å². The van der Waals surface area contributed by atoms with E-state index in [1.54, 1.807) is 0 Å². The quantitative estimate of drug-likeness (QED) is 0.433. The summed E-state index contributed by atoms with van der Waals surface area (Å²) in [6.45, 7) is 13.4. The number of benzene rings is 2. The summed E-state index contributed by atoms with van der Waals surface area (Å²) in [4.78, 5) is 30.4. The van der Waals surface area contributed by atoms with Gasteiger partial charge in [-0.3, -0.25) is 9.59 Å². The van der Waals surface area contributed by atoms with E-state index in [0.717, 1.165) is 46.7 Å². The number of para-hydroxylation sites is 1. The van der Waals surface area contributed by atoms with Crippen LogP contribution in [0.3, 0.4) is 0 Å². The molecule has 0 radical (unpaired) electrons.